The van der Waals surface area contributed by atoms with E-state index in [1.54, 1.807) is 18.3 Å². The van der Waals surface area contributed by atoms with Crippen molar-refractivity contribution in [2.45, 2.75) is 20.3 Å². The summed E-state index contributed by atoms with van der Waals surface area (Å²) < 4.78 is 13.0. The first kappa shape index (κ1) is 13.5. The Labute approximate surface area is 122 Å². The number of imidazole rings is 1. The van der Waals surface area contributed by atoms with Gasteiger partial charge in [-0.05, 0) is 49.7 Å². The summed E-state index contributed by atoms with van der Waals surface area (Å²) in [5.41, 5.74) is 4.86. The Morgan fingerprint density at radius 2 is 1.90 bits per heavy atom. The van der Waals surface area contributed by atoms with Crippen molar-refractivity contribution in [1.29, 1.82) is 0 Å². The summed E-state index contributed by atoms with van der Waals surface area (Å²) in [6.07, 6.45) is 2.60. The zero-order chi connectivity index (χ0) is 14.8. The van der Waals surface area contributed by atoms with Crippen LogP contribution in [0.1, 0.15) is 18.3 Å². The Morgan fingerprint density at radius 1 is 1.14 bits per heavy atom. The van der Waals surface area contributed by atoms with Crippen molar-refractivity contribution >= 4 is 0 Å². The van der Waals surface area contributed by atoms with Crippen LogP contribution in [0.2, 0.25) is 0 Å². The van der Waals surface area contributed by atoms with E-state index in [9.17, 15) is 4.39 Å². The topological polar surface area (TPSA) is 41.6 Å². The fourth-order valence-corrected chi connectivity index (χ4v) is 2.38. The molecule has 3 aromatic rings. The molecule has 0 fully saturated rings. The van der Waals surface area contributed by atoms with Gasteiger partial charge < -0.3 is 4.98 Å². The van der Waals surface area contributed by atoms with E-state index in [-0.39, 0.29) is 5.82 Å². The lowest BCUT2D eigenvalue weighted by Gasteiger charge is -2.03. The molecule has 0 unspecified atom stereocenters. The minimum absolute atomic E-state index is 0.246. The minimum atomic E-state index is -0.246. The summed E-state index contributed by atoms with van der Waals surface area (Å²) in [4.78, 5) is 12.3. The summed E-state index contributed by atoms with van der Waals surface area (Å²) in [6.45, 7) is 4.05. The van der Waals surface area contributed by atoms with Gasteiger partial charge in [-0.25, -0.2) is 9.37 Å². The molecular formula is C17H16FN3. The minimum Gasteiger partial charge on any atom is -0.338 e. The number of rotatable bonds is 3. The van der Waals surface area contributed by atoms with Gasteiger partial charge in [-0.2, -0.15) is 0 Å². The number of nitrogens with zero attached hydrogens (tertiary/aromatic N) is 2. The molecule has 0 amide bonds. The van der Waals surface area contributed by atoms with Gasteiger partial charge in [0.25, 0.3) is 0 Å². The van der Waals surface area contributed by atoms with Gasteiger partial charge in [0.2, 0.25) is 0 Å². The third-order valence-corrected chi connectivity index (χ3v) is 3.51. The molecule has 0 spiro atoms. The lowest BCUT2D eigenvalue weighted by atomic mass is 10.1. The number of aromatic nitrogens is 3. The third-order valence-electron chi connectivity index (χ3n) is 3.51. The lowest BCUT2D eigenvalue weighted by molar-refractivity contribution is 0.628. The quantitative estimate of drug-likeness (QED) is 0.783. The molecule has 2 heterocycles. The number of H-pyrrole nitrogens is 1. The van der Waals surface area contributed by atoms with Crippen LogP contribution in [0.4, 0.5) is 4.39 Å². The first-order chi connectivity index (χ1) is 10.2. The highest BCUT2D eigenvalue weighted by Gasteiger charge is 2.14. The lowest BCUT2D eigenvalue weighted by Crippen LogP contribution is -1.90. The number of hydrogen-bond donors (Lipinski definition) is 1. The van der Waals surface area contributed by atoms with Crippen LogP contribution in [0.15, 0.2) is 42.6 Å². The molecule has 0 atom stereocenters. The maximum absolute atomic E-state index is 13.0. The van der Waals surface area contributed by atoms with E-state index in [2.05, 4.69) is 21.9 Å². The SMILES string of the molecule is CCc1nc(-c2ccc(F)cc2)[nH]c1-c1cccnc1C. The predicted molar refractivity (Wildman–Crippen MR) is 81.3 cm³/mol. The van der Waals surface area contributed by atoms with Gasteiger partial charge in [-0.3, -0.25) is 4.98 Å². The molecule has 0 saturated carbocycles. The Morgan fingerprint density at radius 3 is 2.57 bits per heavy atom. The van der Waals surface area contributed by atoms with Crippen molar-refractivity contribution in [3.05, 3.63) is 59.8 Å². The smallest absolute Gasteiger partial charge is 0.138 e. The molecule has 1 N–H and O–H groups in total. The normalized spacial score (nSPS) is 10.8. The molecule has 0 aliphatic carbocycles. The number of nitrogens with one attached hydrogen (secondary N) is 1. The van der Waals surface area contributed by atoms with Gasteiger partial charge in [0.1, 0.15) is 11.6 Å². The van der Waals surface area contributed by atoms with Gasteiger partial charge in [0.05, 0.1) is 11.4 Å². The fraction of sp³-hybridized carbons (Fsp3) is 0.176. The molecule has 21 heavy (non-hydrogen) atoms. The second-order valence-electron chi connectivity index (χ2n) is 4.90. The predicted octanol–water partition coefficient (Wildman–Crippen LogP) is 4.15. The summed E-state index contributed by atoms with van der Waals surface area (Å²) in [5, 5.41) is 0. The third kappa shape index (κ3) is 2.57. The van der Waals surface area contributed by atoms with Crippen molar-refractivity contribution in [2.24, 2.45) is 0 Å². The van der Waals surface area contributed by atoms with E-state index >= 15 is 0 Å². The standard InChI is InChI=1S/C17H16FN3/c1-3-15-16(14-5-4-10-19-11(14)2)21-17(20-15)12-6-8-13(18)9-7-12/h4-10H,3H2,1-2H3,(H,20,21). The van der Waals surface area contributed by atoms with Crippen LogP contribution in [0.25, 0.3) is 22.6 Å². The zero-order valence-electron chi connectivity index (χ0n) is 12.0. The molecule has 0 aliphatic heterocycles. The summed E-state index contributed by atoms with van der Waals surface area (Å²) in [5.74, 6) is 0.509. The highest BCUT2D eigenvalue weighted by atomic mass is 19.1. The monoisotopic (exact) mass is 281 g/mol. The average Bonchev–Trinajstić information content (AvgIpc) is 2.92. The van der Waals surface area contributed by atoms with Crippen LogP contribution in [-0.4, -0.2) is 15.0 Å². The van der Waals surface area contributed by atoms with Crippen LogP contribution in [0.3, 0.4) is 0 Å². The average molecular weight is 281 g/mol. The van der Waals surface area contributed by atoms with Crippen LogP contribution in [0, 0.1) is 12.7 Å². The van der Waals surface area contributed by atoms with E-state index in [0.29, 0.717) is 0 Å². The van der Waals surface area contributed by atoms with E-state index in [1.807, 2.05) is 19.1 Å². The van der Waals surface area contributed by atoms with Gasteiger partial charge in [-0.15, -0.1) is 0 Å². The molecule has 106 valence electrons. The second kappa shape index (κ2) is 5.48. The molecule has 1 aromatic carbocycles. The van der Waals surface area contributed by atoms with E-state index in [4.69, 9.17) is 0 Å². The fourth-order valence-electron chi connectivity index (χ4n) is 2.38. The molecule has 3 nitrogen and oxygen atoms in total. The van der Waals surface area contributed by atoms with Gasteiger partial charge in [0.15, 0.2) is 0 Å². The van der Waals surface area contributed by atoms with Crippen molar-refractivity contribution in [1.82, 2.24) is 15.0 Å². The number of hydrogen-bond acceptors (Lipinski definition) is 2. The van der Waals surface area contributed by atoms with Crippen LogP contribution >= 0.6 is 0 Å². The molecular weight excluding hydrogens is 265 g/mol. The summed E-state index contributed by atoms with van der Waals surface area (Å²) >= 11 is 0. The number of benzene rings is 1. The maximum Gasteiger partial charge on any atom is 0.138 e. The molecule has 2 aromatic heterocycles. The second-order valence-corrected chi connectivity index (χ2v) is 4.90. The van der Waals surface area contributed by atoms with Gasteiger partial charge in [-0.1, -0.05) is 6.92 Å². The summed E-state index contributed by atoms with van der Waals surface area (Å²) in [7, 11) is 0. The van der Waals surface area contributed by atoms with Gasteiger partial charge in [0, 0.05) is 23.0 Å². The van der Waals surface area contributed by atoms with Crippen LogP contribution in [0.5, 0.6) is 0 Å². The van der Waals surface area contributed by atoms with Crippen molar-refractivity contribution < 1.29 is 4.39 Å². The molecule has 0 aliphatic rings. The van der Waals surface area contributed by atoms with Crippen molar-refractivity contribution in [3.63, 3.8) is 0 Å². The number of aromatic amines is 1. The molecule has 3 rings (SSSR count). The van der Waals surface area contributed by atoms with E-state index in [1.165, 1.54) is 12.1 Å². The van der Waals surface area contributed by atoms with Crippen LogP contribution < -0.4 is 0 Å². The zero-order valence-corrected chi connectivity index (χ0v) is 12.0. The highest BCUT2D eigenvalue weighted by molar-refractivity contribution is 5.68. The first-order valence-corrected chi connectivity index (χ1v) is 6.96. The number of aryl methyl sites for hydroxylation is 2. The van der Waals surface area contributed by atoms with E-state index in [0.717, 1.165) is 40.5 Å². The number of halogens is 1. The molecule has 4 heteroatoms. The maximum atomic E-state index is 13.0. The number of pyridine rings is 1. The molecule has 0 radical (unpaired) electrons. The Balaban J connectivity index is 2.11. The largest absolute Gasteiger partial charge is 0.338 e. The summed E-state index contributed by atoms with van der Waals surface area (Å²) in [6, 6.07) is 10.3. The van der Waals surface area contributed by atoms with Crippen molar-refractivity contribution in [3.8, 4) is 22.6 Å². The Kier molecular flexibility index (Phi) is 3.52. The van der Waals surface area contributed by atoms with Crippen molar-refractivity contribution in [2.75, 3.05) is 0 Å². The highest BCUT2D eigenvalue weighted by Crippen LogP contribution is 2.27. The Bertz CT molecular complexity index is 760. The van der Waals surface area contributed by atoms with E-state index < -0.39 is 0 Å². The van der Waals surface area contributed by atoms with Crippen LogP contribution in [-0.2, 0) is 6.42 Å². The Hall–Kier alpha value is -2.49. The first-order valence-electron chi connectivity index (χ1n) is 6.96. The van der Waals surface area contributed by atoms with Gasteiger partial charge >= 0.3 is 0 Å². The molecule has 0 bridgehead atoms. The molecule has 0 saturated heterocycles.